The summed E-state index contributed by atoms with van der Waals surface area (Å²) in [4.78, 5) is 0. The van der Waals surface area contributed by atoms with Crippen molar-refractivity contribution in [2.75, 3.05) is 0 Å². The van der Waals surface area contributed by atoms with Crippen molar-refractivity contribution < 1.29 is 9.47 Å². The van der Waals surface area contributed by atoms with Crippen molar-refractivity contribution in [3.63, 3.8) is 0 Å². The molecule has 6 heteroatoms. The van der Waals surface area contributed by atoms with E-state index in [1.54, 1.807) is 12.1 Å². The lowest BCUT2D eigenvalue weighted by atomic mass is 9.97. The van der Waals surface area contributed by atoms with E-state index >= 15 is 0 Å². The van der Waals surface area contributed by atoms with Gasteiger partial charge in [-0.15, -0.1) is 0 Å². The predicted molar refractivity (Wildman–Crippen MR) is 113 cm³/mol. The Morgan fingerprint density at radius 1 is 0.643 bits per heavy atom. The van der Waals surface area contributed by atoms with Crippen LogP contribution in [-0.4, -0.2) is 15.7 Å². The second-order valence-electron chi connectivity index (χ2n) is 6.27. The van der Waals surface area contributed by atoms with Gasteiger partial charge in [-0.2, -0.15) is 10.5 Å². The Morgan fingerprint density at radius 2 is 1.00 bits per heavy atom. The highest BCUT2D eigenvalue weighted by molar-refractivity contribution is 6.08. The van der Waals surface area contributed by atoms with Crippen LogP contribution in [-0.2, 0) is 12.6 Å². The molecule has 3 aromatic carbocycles. The first kappa shape index (κ1) is 19.1. The average molecular weight is 364 g/mol. The number of benzene rings is 3. The zero-order chi connectivity index (χ0) is 19.9. The van der Waals surface area contributed by atoms with Gasteiger partial charge in [0.2, 0.25) is 0 Å². The molecule has 0 radical (unpaired) electrons. The van der Waals surface area contributed by atoms with Crippen LogP contribution in [0.2, 0.25) is 0 Å². The molecule has 3 rings (SSSR count). The molecule has 0 saturated carbocycles. The summed E-state index contributed by atoms with van der Waals surface area (Å²) in [7, 11) is 4.18. The van der Waals surface area contributed by atoms with E-state index in [2.05, 4.69) is 15.7 Å². The molecule has 0 spiro atoms. The topological polar surface area (TPSA) is 66.0 Å². The van der Waals surface area contributed by atoms with Crippen molar-refractivity contribution in [1.29, 1.82) is 10.5 Å². The SMILES string of the molecule is BCc1ccc(Oc2cc(C#N)c(C#N)cc2Oc2ccc(CB)cc2)cc1. The van der Waals surface area contributed by atoms with Crippen LogP contribution in [0.25, 0.3) is 0 Å². The Morgan fingerprint density at radius 3 is 1.29 bits per heavy atom. The molecule has 0 amide bonds. The highest BCUT2D eigenvalue weighted by Crippen LogP contribution is 2.37. The van der Waals surface area contributed by atoms with E-state index in [4.69, 9.17) is 9.47 Å². The van der Waals surface area contributed by atoms with E-state index in [1.165, 1.54) is 11.1 Å². The molecule has 0 aliphatic rings. The molecule has 0 heterocycles. The summed E-state index contributed by atoms with van der Waals surface area (Å²) in [6, 6.07) is 22.7. The highest BCUT2D eigenvalue weighted by Gasteiger charge is 2.14. The van der Waals surface area contributed by atoms with Crippen LogP contribution in [0, 0.1) is 22.7 Å². The van der Waals surface area contributed by atoms with Crippen LogP contribution in [0.15, 0.2) is 60.7 Å². The number of ether oxygens (including phenoxy) is 2. The third-order valence-electron chi connectivity index (χ3n) is 4.44. The molecule has 0 N–H and O–H groups in total. The molecular weight excluding hydrogens is 346 g/mol. The Kier molecular flexibility index (Phi) is 6.04. The van der Waals surface area contributed by atoms with Crippen molar-refractivity contribution in [2.24, 2.45) is 0 Å². The largest absolute Gasteiger partial charge is 0.453 e. The summed E-state index contributed by atoms with van der Waals surface area (Å²) < 4.78 is 12.0. The second-order valence-corrected chi connectivity index (χ2v) is 6.27. The predicted octanol–water partition coefficient (Wildman–Crippen LogP) is 3.28. The monoisotopic (exact) mass is 364 g/mol. The van der Waals surface area contributed by atoms with E-state index in [1.807, 2.05) is 60.7 Å². The van der Waals surface area contributed by atoms with Crippen LogP contribution in [0.3, 0.4) is 0 Å². The summed E-state index contributed by atoms with van der Waals surface area (Å²) in [5, 5.41) is 18.7. The molecular formula is C22H18B2N2O2. The van der Waals surface area contributed by atoms with Crippen molar-refractivity contribution in [3.05, 3.63) is 82.9 Å². The zero-order valence-corrected chi connectivity index (χ0v) is 15.9. The van der Waals surface area contributed by atoms with Crippen LogP contribution >= 0.6 is 0 Å². The van der Waals surface area contributed by atoms with Crippen molar-refractivity contribution in [3.8, 4) is 35.1 Å². The first-order valence-corrected chi connectivity index (χ1v) is 9.18. The van der Waals surface area contributed by atoms with E-state index in [0.717, 1.165) is 12.6 Å². The molecule has 0 saturated heterocycles. The molecule has 0 aliphatic carbocycles. The molecule has 0 bridgehead atoms. The Labute approximate surface area is 166 Å². The van der Waals surface area contributed by atoms with Gasteiger partial charge in [-0.25, -0.2) is 0 Å². The fraction of sp³-hybridized carbons (Fsp3) is 0.0909. The maximum absolute atomic E-state index is 9.35. The molecule has 134 valence electrons. The molecule has 0 aliphatic heterocycles. The summed E-state index contributed by atoms with van der Waals surface area (Å²) >= 11 is 0. The molecule has 0 atom stereocenters. The number of rotatable bonds is 6. The van der Waals surface area contributed by atoms with Crippen molar-refractivity contribution in [2.45, 2.75) is 12.6 Å². The van der Waals surface area contributed by atoms with E-state index in [9.17, 15) is 10.5 Å². The lowest BCUT2D eigenvalue weighted by Gasteiger charge is -2.14. The van der Waals surface area contributed by atoms with Crippen molar-refractivity contribution >= 4 is 15.7 Å². The summed E-state index contributed by atoms with van der Waals surface area (Å²) in [6.07, 6.45) is 1.88. The molecule has 4 nitrogen and oxygen atoms in total. The molecule has 3 aromatic rings. The number of hydrogen-bond acceptors (Lipinski definition) is 4. The minimum Gasteiger partial charge on any atom is -0.453 e. The van der Waals surface area contributed by atoms with Crippen LogP contribution in [0.5, 0.6) is 23.0 Å². The van der Waals surface area contributed by atoms with Gasteiger partial charge in [0.15, 0.2) is 11.5 Å². The highest BCUT2D eigenvalue weighted by atomic mass is 16.5. The molecule has 0 fully saturated rings. The summed E-state index contributed by atoms with van der Waals surface area (Å²) in [5.74, 6) is 2.05. The summed E-state index contributed by atoms with van der Waals surface area (Å²) in [5.41, 5.74) is 2.91. The quantitative estimate of drug-likeness (QED) is 0.630. The van der Waals surface area contributed by atoms with Crippen molar-refractivity contribution in [1.82, 2.24) is 0 Å². The molecule has 28 heavy (non-hydrogen) atoms. The standard InChI is InChI=1S/C22H18B2N2O2/c23-11-15-1-5-19(6-2-15)27-21-9-17(13-25)18(14-26)10-22(21)28-20-7-3-16(12-24)4-8-20/h1-10H,11-12,23-24H2. The third kappa shape index (κ3) is 4.37. The van der Waals surface area contributed by atoms with Crippen LogP contribution < -0.4 is 9.47 Å². The Hall–Kier alpha value is -3.63. The van der Waals surface area contributed by atoms with Gasteiger partial charge in [0.25, 0.3) is 0 Å². The van der Waals surface area contributed by atoms with E-state index in [-0.39, 0.29) is 11.1 Å². The van der Waals surface area contributed by atoms with Gasteiger partial charge in [-0.1, -0.05) is 48.0 Å². The van der Waals surface area contributed by atoms with E-state index < -0.39 is 0 Å². The average Bonchev–Trinajstić information content (AvgIpc) is 2.75. The fourth-order valence-electron chi connectivity index (χ4n) is 2.74. The van der Waals surface area contributed by atoms with Gasteiger partial charge in [0.1, 0.15) is 39.3 Å². The van der Waals surface area contributed by atoms with E-state index in [0.29, 0.717) is 23.0 Å². The third-order valence-corrected chi connectivity index (χ3v) is 4.44. The number of nitriles is 2. The van der Waals surface area contributed by atoms with Crippen LogP contribution in [0.4, 0.5) is 0 Å². The van der Waals surface area contributed by atoms with Gasteiger partial charge in [0, 0.05) is 12.1 Å². The van der Waals surface area contributed by atoms with Gasteiger partial charge in [-0.05, 0) is 24.3 Å². The first-order valence-electron chi connectivity index (χ1n) is 9.18. The minimum absolute atomic E-state index is 0.247. The van der Waals surface area contributed by atoms with Crippen LogP contribution in [0.1, 0.15) is 22.3 Å². The molecule has 0 unspecified atom stereocenters. The van der Waals surface area contributed by atoms with Gasteiger partial charge < -0.3 is 9.47 Å². The number of nitrogens with zero attached hydrogens (tertiary/aromatic N) is 2. The van der Waals surface area contributed by atoms with Gasteiger partial charge in [-0.3, -0.25) is 0 Å². The Balaban J connectivity index is 1.98. The lowest BCUT2D eigenvalue weighted by Crippen LogP contribution is -1.95. The zero-order valence-electron chi connectivity index (χ0n) is 15.9. The number of hydrogen-bond donors (Lipinski definition) is 0. The van der Waals surface area contributed by atoms with Gasteiger partial charge in [0.05, 0.1) is 11.1 Å². The smallest absolute Gasteiger partial charge is 0.171 e. The second kappa shape index (κ2) is 8.84. The maximum Gasteiger partial charge on any atom is 0.171 e. The normalized spacial score (nSPS) is 9.93. The van der Waals surface area contributed by atoms with Gasteiger partial charge >= 0.3 is 0 Å². The fourth-order valence-corrected chi connectivity index (χ4v) is 2.74. The first-order chi connectivity index (χ1) is 13.7. The summed E-state index contributed by atoms with van der Waals surface area (Å²) in [6.45, 7) is 0. The Bertz CT molecular complexity index is 964. The lowest BCUT2D eigenvalue weighted by molar-refractivity contribution is 0.418. The minimum atomic E-state index is 0.247. The maximum atomic E-state index is 9.35. The molecule has 0 aromatic heterocycles.